The number of aromatic nitrogens is 3. The lowest BCUT2D eigenvalue weighted by Crippen LogP contribution is -2.41. The minimum Gasteiger partial charge on any atom is -0.370 e. The molecule has 0 saturated carbocycles. The van der Waals surface area contributed by atoms with E-state index in [-0.39, 0.29) is 17.9 Å². The highest BCUT2D eigenvalue weighted by Gasteiger charge is 2.26. The average Bonchev–Trinajstić information content (AvgIpc) is 2.74. The van der Waals surface area contributed by atoms with Crippen molar-refractivity contribution in [2.24, 2.45) is 5.92 Å². The number of pyridine rings is 1. The number of benzene rings is 1. The number of rotatable bonds is 4. The van der Waals surface area contributed by atoms with Gasteiger partial charge in [0.15, 0.2) is 5.65 Å². The van der Waals surface area contributed by atoms with Gasteiger partial charge < -0.3 is 10.2 Å². The predicted molar refractivity (Wildman–Crippen MR) is 105 cm³/mol. The fourth-order valence-electron chi connectivity index (χ4n) is 3.58. The minimum absolute atomic E-state index is 0.0278. The van der Waals surface area contributed by atoms with Gasteiger partial charge in [-0.25, -0.2) is 9.97 Å². The normalized spacial score (nSPS) is 16.3. The summed E-state index contributed by atoms with van der Waals surface area (Å²) in [7, 11) is 0. The number of amides is 1. The standard InChI is InChI=1S/C21H23N5O/c1-15(16-5-3-2-4-6-16)25-21(27)17-7-11-26(12-8-17)18-13-19-20(24-14-18)23-10-9-22-19/h2-6,9-10,13-15,17H,7-8,11-12H2,1H3,(H,25,27). The largest absolute Gasteiger partial charge is 0.370 e. The maximum atomic E-state index is 12.6. The molecule has 1 N–H and O–H groups in total. The summed E-state index contributed by atoms with van der Waals surface area (Å²) in [4.78, 5) is 27.8. The fraction of sp³-hybridized carbons (Fsp3) is 0.333. The predicted octanol–water partition coefficient (Wildman–Crippen LogP) is 3.12. The van der Waals surface area contributed by atoms with Gasteiger partial charge in [0.25, 0.3) is 0 Å². The number of hydrogen-bond donors (Lipinski definition) is 1. The summed E-state index contributed by atoms with van der Waals surface area (Å²) >= 11 is 0. The zero-order chi connectivity index (χ0) is 18.6. The van der Waals surface area contributed by atoms with E-state index >= 15 is 0 Å². The number of hydrogen-bond acceptors (Lipinski definition) is 5. The van der Waals surface area contributed by atoms with Crippen LogP contribution in [-0.2, 0) is 4.79 Å². The zero-order valence-electron chi connectivity index (χ0n) is 15.4. The molecule has 3 aromatic rings. The Morgan fingerprint density at radius 1 is 1.11 bits per heavy atom. The van der Waals surface area contributed by atoms with E-state index in [2.05, 4.69) is 25.2 Å². The Morgan fingerprint density at radius 3 is 2.63 bits per heavy atom. The molecule has 3 heterocycles. The summed E-state index contributed by atoms with van der Waals surface area (Å²) in [5.41, 5.74) is 3.63. The number of nitrogens with one attached hydrogen (secondary N) is 1. The molecule has 1 amide bonds. The van der Waals surface area contributed by atoms with Gasteiger partial charge in [-0.05, 0) is 31.4 Å². The number of fused-ring (bicyclic) bond motifs is 1. The molecule has 2 aromatic heterocycles. The van der Waals surface area contributed by atoms with Gasteiger partial charge in [0.2, 0.25) is 5.91 Å². The van der Waals surface area contributed by atoms with Gasteiger partial charge in [-0.3, -0.25) is 9.78 Å². The molecule has 6 heteroatoms. The first-order chi connectivity index (χ1) is 13.2. The highest BCUT2D eigenvalue weighted by Crippen LogP contribution is 2.25. The Bertz CT molecular complexity index is 922. The van der Waals surface area contributed by atoms with Crippen LogP contribution >= 0.6 is 0 Å². The molecule has 1 aromatic carbocycles. The second kappa shape index (κ2) is 7.70. The van der Waals surface area contributed by atoms with E-state index in [0.717, 1.165) is 42.7 Å². The third kappa shape index (κ3) is 3.89. The van der Waals surface area contributed by atoms with E-state index in [0.29, 0.717) is 5.65 Å². The summed E-state index contributed by atoms with van der Waals surface area (Å²) in [6.45, 7) is 3.71. The van der Waals surface area contributed by atoms with Crippen LogP contribution in [0.15, 0.2) is 55.0 Å². The van der Waals surface area contributed by atoms with Gasteiger partial charge in [-0.1, -0.05) is 30.3 Å². The lowest BCUT2D eigenvalue weighted by molar-refractivity contribution is -0.126. The van der Waals surface area contributed by atoms with Gasteiger partial charge >= 0.3 is 0 Å². The quantitative estimate of drug-likeness (QED) is 0.773. The van der Waals surface area contributed by atoms with Crippen molar-refractivity contribution in [1.82, 2.24) is 20.3 Å². The van der Waals surface area contributed by atoms with Crippen LogP contribution < -0.4 is 10.2 Å². The van der Waals surface area contributed by atoms with E-state index < -0.39 is 0 Å². The smallest absolute Gasteiger partial charge is 0.223 e. The molecule has 4 rings (SSSR count). The van der Waals surface area contributed by atoms with Crippen molar-refractivity contribution in [2.75, 3.05) is 18.0 Å². The van der Waals surface area contributed by atoms with E-state index in [9.17, 15) is 4.79 Å². The molecule has 6 nitrogen and oxygen atoms in total. The molecule has 1 saturated heterocycles. The van der Waals surface area contributed by atoms with Crippen molar-refractivity contribution in [1.29, 1.82) is 0 Å². The van der Waals surface area contributed by atoms with Crippen LogP contribution in [0.2, 0.25) is 0 Å². The Balaban J connectivity index is 1.36. The van der Waals surface area contributed by atoms with Crippen molar-refractivity contribution < 1.29 is 4.79 Å². The van der Waals surface area contributed by atoms with Gasteiger partial charge in [0, 0.05) is 31.4 Å². The van der Waals surface area contributed by atoms with Crippen LogP contribution in [0, 0.1) is 5.92 Å². The van der Waals surface area contributed by atoms with E-state index in [4.69, 9.17) is 0 Å². The molecule has 1 fully saturated rings. The second-order valence-electron chi connectivity index (χ2n) is 6.99. The lowest BCUT2D eigenvalue weighted by atomic mass is 9.95. The summed E-state index contributed by atoms with van der Waals surface area (Å²) in [6.07, 6.45) is 6.85. The molecule has 0 aliphatic carbocycles. The summed E-state index contributed by atoms with van der Waals surface area (Å²) in [5.74, 6) is 0.203. The zero-order valence-corrected chi connectivity index (χ0v) is 15.4. The molecule has 1 atom stereocenters. The molecule has 1 unspecified atom stereocenters. The van der Waals surface area contributed by atoms with Gasteiger partial charge in [-0.2, -0.15) is 0 Å². The monoisotopic (exact) mass is 361 g/mol. The van der Waals surface area contributed by atoms with E-state index in [1.54, 1.807) is 12.4 Å². The van der Waals surface area contributed by atoms with Gasteiger partial charge in [-0.15, -0.1) is 0 Å². The Kier molecular flexibility index (Phi) is 4.96. The molecule has 1 aliphatic rings. The van der Waals surface area contributed by atoms with Crippen LogP contribution in [0.4, 0.5) is 5.69 Å². The molecule has 0 bridgehead atoms. The minimum atomic E-state index is 0.0278. The molecule has 0 spiro atoms. The number of piperidine rings is 1. The van der Waals surface area contributed by atoms with Crippen LogP contribution in [0.25, 0.3) is 11.2 Å². The molecular formula is C21H23N5O. The summed E-state index contributed by atoms with van der Waals surface area (Å²) in [5, 5.41) is 3.16. The third-order valence-corrected chi connectivity index (χ3v) is 5.20. The molecule has 0 radical (unpaired) electrons. The maximum Gasteiger partial charge on any atom is 0.223 e. The first-order valence-corrected chi connectivity index (χ1v) is 9.38. The molecule has 27 heavy (non-hydrogen) atoms. The third-order valence-electron chi connectivity index (χ3n) is 5.20. The Labute approximate surface area is 158 Å². The van der Waals surface area contributed by atoms with Crippen molar-refractivity contribution in [3.05, 3.63) is 60.6 Å². The molecular weight excluding hydrogens is 338 g/mol. The topological polar surface area (TPSA) is 71.0 Å². The van der Waals surface area contributed by atoms with Crippen LogP contribution in [0.5, 0.6) is 0 Å². The Hall–Kier alpha value is -3.02. The van der Waals surface area contributed by atoms with E-state index in [1.807, 2.05) is 49.5 Å². The summed E-state index contributed by atoms with van der Waals surface area (Å²) in [6, 6.07) is 12.1. The number of carbonyl (C=O) groups is 1. The highest BCUT2D eigenvalue weighted by molar-refractivity contribution is 5.79. The molecule has 138 valence electrons. The first kappa shape index (κ1) is 17.4. The van der Waals surface area contributed by atoms with Gasteiger partial charge in [0.1, 0.15) is 5.52 Å². The van der Waals surface area contributed by atoms with E-state index in [1.165, 1.54) is 0 Å². The molecule has 1 aliphatic heterocycles. The SMILES string of the molecule is CC(NC(=O)C1CCN(c2cnc3nccnc3c2)CC1)c1ccccc1. The number of anilines is 1. The lowest BCUT2D eigenvalue weighted by Gasteiger charge is -2.33. The van der Waals surface area contributed by atoms with Crippen molar-refractivity contribution >= 4 is 22.8 Å². The summed E-state index contributed by atoms with van der Waals surface area (Å²) < 4.78 is 0. The average molecular weight is 361 g/mol. The van der Waals surface area contributed by atoms with Crippen LogP contribution in [0.3, 0.4) is 0 Å². The van der Waals surface area contributed by atoms with Crippen molar-refractivity contribution in [3.8, 4) is 0 Å². The number of nitrogens with zero attached hydrogens (tertiary/aromatic N) is 4. The van der Waals surface area contributed by atoms with Crippen molar-refractivity contribution in [3.63, 3.8) is 0 Å². The highest BCUT2D eigenvalue weighted by atomic mass is 16.1. The second-order valence-corrected chi connectivity index (χ2v) is 6.99. The van der Waals surface area contributed by atoms with Crippen LogP contribution in [0.1, 0.15) is 31.4 Å². The first-order valence-electron chi connectivity index (χ1n) is 9.38. The van der Waals surface area contributed by atoms with Gasteiger partial charge in [0.05, 0.1) is 17.9 Å². The van der Waals surface area contributed by atoms with Crippen LogP contribution in [-0.4, -0.2) is 33.9 Å². The Morgan fingerprint density at radius 2 is 1.85 bits per heavy atom. The number of carbonyl (C=O) groups excluding carboxylic acids is 1. The maximum absolute atomic E-state index is 12.6. The fourth-order valence-corrected chi connectivity index (χ4v) is 3.58. The van der Waals surface area contributed by atoms with Crippen molar-refractivity contribution in [2.45, 2.75) is 25.8 Å².